The Morgan fingerprint density at radius 2 is 1.73 bits per heavy atom. The zero-order valence-corrected chi connectivity index (χ0v) is 29.0. The highest BCUT2D eigenvalue weighted by Gasteiger charge is 2.44. The number of likely N-dealkylation sites (tertiary alicyclic amines) is 1. The van der Waals surface area contributed by atoms with Crippen LogP contribution in [0.25, 0.3) is 0 Å². The molecule has 0 aromatic heterocycles. The Labute approximate surface area is 271 Å². The van der Waals surface area contributed by atoms with Crippen LogP contribution in [0.5, 0.6) is 0 Å². The third kappa shape index (κ3) is 7.64. The molecule has 2 aliphatic carbocycles. The van der Waals surface area contributed by atoms with Gasteiger partial charge in [-0.15, -0.1) is 11.8 Å². The standard InChI is InChI=1S/C35H62N6O2S/c1-23(2)40-15-17-41(18-16-40)27-13-14-33(36-21-27)37-30-19-26(22-39(4)35(30)43)28-10-8-11-29(24(28)3)38-34(42)32-20-25-9-6-5-7-12-31(25)44-32/h23-33,36-37H,5-22H2,1-4H3,(H,38,42). The van der Waals surface area contributed by atoms with Gasteiger partial charge in [0, 0.05) is 69.7 Å². The number of hydrogen-bond acceptors (Lipinski definition) is 7. The van der Waals surface area contributed by atoms with Crippen LogP contribution in [0.1, 0.15) is 97.8 Å². The van der Waals surface area contributed by atoms with Crippen molar-refractivity contribution in [3.8, 4) is 0 Å². The van der Waals surface area contributed by atoms with Crippen molar-refractivity contribution in [3.05, 3.63) is 0 Å². The smallest absolute Gasteiger partial charge is 0.239 e. The molecule has 9 heteroatoms. The van der Waals surface area contributed by atoms with Gasteiger partial charge in [0.05, 0.1) is 17.5 Å². The Hall–Kier alpha value is -0.870. The number of nitrogens with zero attached hydrogens (tertiary/aromatic N) is 3. The van der Waals surface area contributed by atoms with Crippen molar-refractivity contribution < 1.29 is 9.59 Å². The minimum atomic E-state index is -0.119. The Morgan fingerprint density at radius 3 is 2.48 bits per heavy atom. The van der Waals surface area contributed by atoms with E-state index in [-0.39, 0.29) is 29.4 Å². The van der Waals surface area contributed by atoms with Crippen molar-refractivity contribution in [2.24, 2.45) is 23.7 Å². The molecule has 10 atom stereocenters. The first-order valence-electron chi connectivity index (χ1n) is 18.4. The topological polar surface area (TPSA) is 80.0 Å². The van der Waals surface area contributed by atoms with Gasteiger partial charge in [-0.05, 0) is 88.9 Å². The van der Waals surface area contributed by atoms with Gasteiger partial charge in [-0.1, -0.05) is 32.6 Å². The molecule has 2 saturated carbocycles. The second-order valence-corrected chi connectivity index (χ2v) is 17.1. The third-order valence-electron chi connectivity index (χ3n) is 12.6. The third-order valence-corrected chi connectivity index (χ3v) is 14.3. The van der Waals surface area contributed by atoms with E-state index in [0.29, 0.717) is 41.0 Å². The lowest BCUT2D eigenvalue weighted by Gasteiger charge is -2.47. The van der Waals surface area contributed by atoms with Crippen LogP contribution in [0, 0.1) is 23.7 Å². The number of carbonyl (C=O) groups excluding carboxylic acids is 2. The lowest BCUT2D eigenvalue weighted by atomic mass is 9.68. The lowest BCUT2D eigenvalue weighted by molar-refractivity contribution is -0.138. The van der Waals surface area contributed by atoms with Gasteiger partial charge in [0.25, 0.3) is 0 Å². The lowest BCUT2D eigenvalue weighted by Crippen LogP contribution is -2.62. The number of fused-ring (bicyclic) bond motifs is 1. The van der Waals surface area contributed by atoms with Crippen LogP contribution in [0.4, 0.5) is 0 Å². The minimum Gasteiger partial charge on any atom is -0.352 e. The van der Waals surface area contributed by atoms with Crippen molar-refractivity contribution in [3.63, 3.8) is 0 Å². The van der Waals surface area contributed by atoms with E-state index in [2.05, 4.69) is 46.5 Å². The molecule has 0 bridgehead atoms. The summed E-state index contributed by atoms with van der Waals surface area (Å²) < 4.78 is 0. The fourth-order valence-electron chi connectivity index (χ4n) is 9.84. The largest absolute Gasteiger partial charge is 0.352 e. The van der Waals surface area contributed by atoms with E-state index >= 15 is 0 Å². The molecule has 0 aromatic carbocycles. The van der Waals surface area contributed by atoms with Crippen molar-refractivity contribution in [1.82, 2.24) is 30.7 Å². The summed E-state index contributed by atoms with van der Waals surface area (Å²) in [5, 5.41) is 12.0. The van der Waals surface area contributed by atoms with Crippen LogP contribution >= 0.6 is 11.8 Å². The number of rotatable bonds is 7. The summed E-state index contributed by atoms with van der Waals surface area (Å²) in [5.41, 5.74) is 0. The molecule has 44 heavy (non-hydrogen) atoms. The molecule has 4 aliphatic heterocycles. The van der Waals surface area contributed by atoms with E-state index in [4.69, 9.17) is 0 Å². The highest BCUT2D eigenvalue weighted by Crippen LogP contribution is 2.46. The highest BCUT2D eigenvalue weighted by atomic mass is 32.2. The van der Waals surface area contributed by atoms with Crippen molar-refractivity contribution >= 4 is 23.6 Å². The van der Waals surface area contributed by atoms with Gasteiger partial charge in [0.1, 0.15) is 0 Å². The Morgan fingerprint density at radius 1 is 0.932 bits per heavy atom. The van der Waals surface area contributed by atoms with E-state index < -0.39 is 0 Å². The normalized spacial score (nSPS) is 41.4. The number of piperidine rings is 2. The summed E-state index contributed by atoms with van der Waals surface area (Å²) in [6, 6.07) is 1.38. The van der Waals surface area contributed by atoms with Crippen molar-refractivity contribution in [1.29, 1.82) is 0 Å². The molecule has 8 nitrogen and oxygen atoms in total. The van der Waals surface area contributed by atoms with Crippen LogP contribution in [0.15, 0.2) is 0 Å². The maximum absolute atomic E-state index is 13.5. The van der Waals surface area contributed by atoms with E-state index in [1.165, 1.54) is 64.5 Å². The van der Waals surface area contributed by atoms with Gasteiger partial charge in [-0.2, -0.15) is 0 Å². The van der Waals surface area contributed by atoms with E-state index in [1.54, 1.807) is 0 Å². The Balaban J connectivity index is 0.987. The predicted molar refractivity (Wildman–Crippen MR) is 181 cm³/mol. The summed E-state index contributed by atoms with van der Waals surface area (Å²) in [4.78, 5) is 34.1. The Kier molecular flexibility index (Phi) is 11.2. The zero-order chi connectivity index (χ0) is 30.8. The van der Waals surface area contributed by atoms with Crippen LogP contribution in [-0.4, -0.2) is 114 Å². The predicted octanol–water partition coefficient (Wildman–Crippen LogP) is 3.90. The number of hydrogen-bond donors (Lipinski definition) is 3. The maximum atomic E-state index is 13.5. The minimum absolute atomic E-state index is 0.119. The first-order chi connectivity index (χ1) is 21.3. The second-order valence-electron chi connectivity index (χ2n) is 15.7. The van der Waals surface area contributed by atoms with Crippen molar-refractivity contribution in [2.45, 2.75) is 139 Å². The number of thioether (sulfide) groups is 1. The number of likely N-dealkylation sites (N-methyl/N-ethyl adjacent to an activating group) is 1. The molecule has 0 spiro atoms. The molecule has 10 unspecified atom stereocenters. The van der Waals surface area contributed by atoms with Gasteiger partial charge < -0.3 is 15.5 Å². The van der Waals surface area contributed by atoms with Crippen LogP contribution < -0.4 is 16.0 Å². The van der Waals surface area contributed by atoms with E-state index in [1.807, 2.05) is 23.7 Å². The molecule has 2 amide bonds. The molecule has 4 saturated heterocycles. The molecule has 6 fully saturated rings. The summed E-state index contributed by atoms with van der Waals surface area (Å²) in [6.45, 7) is 13.5. The molecule has 6 rings (SSSR count). The van der Waals surface area contributed by atoms with Crippen LogP contribution in [-0.2, 0) is 9.59 Å². The van der Waals surface area contributed by atoms with Gasteiger partial charge in [0.15, 0.2) is 0 Å². The first-order valence-corrected chi connectivity index (χ1v) is 19.4. The number of amides is 2. The molecule has 250 valence electrons. The van der Waals surface area contributed by atoms with Crippen molar-refractivity contribution in [2.75, 3.05) is 46.3 Å². The fourth-order valence-corrected chi connectivity index (χ4v) is 11.6. The van der Waals surface area contributed by atoms with E-state index in [9.17, 15) is 9.59 Å². The fraction of sp³-hybridized carbons (Fsp3) is 0.943. The monoisotopic (exact) mass is 630 g/mol. The zero-order valence-electron chi connectivity index (χ0n) is 28.1. The average Bonchev–Trinajstić information content (AvgIpc) is 3.31. The van der Waals surface area contributed by atoms with Gasteiger partial charge in [-0.3, -0.25) is 24.7 Å². The molecule has 3 N–H and O–H groups in total. The van der Waals surface area contributed by atoms with Crippen LogP contribution in [0.3, 0.4) is 0 Å². The average molecular weight is 631 g/mol. The van der Waals surface area contributed by atoms with Gasteiger partial charge >= 0.3 is 0 Å². The quantitative estimate of drug-likeness (QED) is 0.394. The molecule has 0 aromatic rings. The molecule has 4 heterocycles. The molecule has 0 radical (unpaired) electrons. The van der Waals surface area contributed by atoms with E-state index in [0.717, 1.165) is 57.8 Å². The number of carbonyl (C=O) groups is 2. The molecular formula is C35H62N6O2S. The Bertz CT molecular complexity index is 953. The maximum Gasteiger partial charge on any atom is 0.239 e. The summed E-state index contributed by atoms with van der Waals surface area (Å²) in [5.74, 6) is 2.77. The molecular weight excluding hydrogens is 568 g/mol. The van der Waals surface area contributed by atoms with Gasteiger partial charge in [0.2, 0.25) is 11.8 Å². The van der Waals surface area contributed by atoms with Crippen LogP contribution in [0.2, 0.25) is 0 Å². The summed E-state index contributed by atoms with van der Waals surface area (Å²) >= 11 is 1.99. The number of nitrogens with one attached hydrogen (secondary N) is 3. The molecule has 6 aliphatic rings. The summed E-state index contributed by atoms with van der Waals surface area (Å²) in [7, 11) is 2.00. The second kappa shape index (κ2) is 14.9. The number of piperazine rings is 1. The first kappa shape index (κ1) is 33.0. The summed E-state index contributed by atoms with van der Waals surface area (Å²) in [6.07, 6.45) is 14.6. The SMILES string of the molecule is CC1C(NC(=O)C2CC3CCCCCC3S2)CCCC1C1CC(NC2CCC(N3CCN(C(C)C)CC3)CN2)C(=O)N(C)C1. The highest BCUT2D eigenvalue weighted by molar-refractivity contribution is 8.01. The van der Waals surface area contributed by atoms with Gasteiger partial charge in [-0.25, -0.2) is 0 Å².